The quantitative estimate of drug-likeness (QED) is 0.567. The molecule has 4 aromatic rings. The zero-order valence-electron chi connectivity index (χ0n) is 11.6. The molecule has 0 saturated carbocycles. The molecule has 0 spiro atoms. The second kappa shape index (κ2) is 4.35. The van der Waals surface area contributed by atoms with Gasteiger partial charge < -0.3 is 9.67 Å². The summed E-state index contributed by atoms with van der Waals surface area (Å²) in [4.78, 5) is 4.77. The van der Waals surface area contributed by atoms with Crippen LogP contribution in [-0.4, -0.2) is 14.7 Å². The number of aryl methyl sites for hydroxylation is 1. The van der Waals surface area contributed by atoms with Gasteiger partial charge in [-0.2, -0.15) is 0 Å². The van der Waals surface area contributed by atoms with Gasteiger partial charge in [0.2, 0.25) is 0 Å². The molecule has 0 bridgehead atoms. The lowest BCUT2D eigenvalue weighted by molar-refractivity contribution is 0.476. The number of hydrogen-bond donors (Lipinski definition) is 1. The minimum absolute atomic E-state index is 0.250. The number of imidazole rings is 1. The second-order valence-corrected chi connectivity index (χ2v) is 5.17. The minimum atomic E-state index is 0.250. The average Bonchev–Trinajstić information content (AvgIpc) is 2.85. The van der Waals surface area contributed by atoms with E-state index < -0.39 is 0 Å². The molecule has 0 aliphatic heterocycles. The Balaban J connectivity index is 2.11. The fraction of sp³-hybridized carbons (Fsp3) is 0.0556. The topological polar surface area (TPSA) is 38.0 Å². The molecule has 0 amide bonds. The van der Waals surface area contributed by atoms with Crippen molar-refractivity contribution in [2.24, 2.45) is 7.05 Å². The highest BCUT2D eigenvalue weighted by atomic mass is 16.3. The predicted molar refractivity (Wildman–Crippen MR) is 85.3 cm³/mol. The lowest BCUT2D eigenvalue weighted by Gasteiger charge is -2.04. The molecule has 3 nitrogen and oxygen atoms in total. The van der Waals surface area contributed by atoms with Gasteiger partial charge in [-0.25, -0.2) is 4.98 Å². The number of nitrogens with zero attached hydrogens (tertiary/aromatic N) is 2. The summed E-state index contributed by atoms with van der Waals surface area (Å²) in [7, 11) is 1.98. The molecular formula is C18H14N2O. The number of aromatic hydroxyl groups is 1. The van der Waals surface area contributed by atoms with Crippen LogP contribution in [0.3, 0.4) is 0 Å². The van der Waals surface area contributed by atoms with Gasteiger partial charge in [0.25, 0.3) is 0 Å². The summed E-state index contributed by atoms with van der Waals surface area (Å²) < 4.78 is 2.02. The molecule has 0 unspecified atom stereocenters. The summed E-state index contributed by atoms with van der Waals surface area (Å²) in [5.74, 6) is 1.03. The molecule has 0 aliphatic rings. The Morgan fingerprint density at radius 1 is 0.905 bits per heavy atom. The maximum atomic E-state index is 10.1. The van der Waals surface area contributed by atoms with Crippen LogP contribution >= 0.6 is 0 Å². The molecule has 0 saturated heterocycles. The number of hydrogen-bond acceptors (Lipinski definition) is 2. The van der Waals surface area contributed by atoms with E-state index in [1.54, 1.807) is 6.07 Å². The van der Waals surface area contributed by atoms with Crippen molar-refractivity contribution in [1.82, 2.24) is 9.55 Å². The highest BCUT2D eigenvalue weighted by Gasteiger charge is 2.14. The lowest BCUT2D eigenvalue weighted by atomic mass is 10.1. The first-order valence-corrected chi connectivity index (χ1v) is 6.88. The van der Waals surface area contributed by atoms with E-state index in [2.05, 4.69) is 24.3 Å². The van der Waals surface area contributed by atoms with Crippen molar-refractivity contribution in [3.8, 4) is 17.1 Å². The van der Waals surface area contributed by atoms with Gasteiger partial charge in [-0.05, 0) is 23.6 Å². The molecule has 4 rings (SSSR count). The highest BCUT2D eigenvalue weighted by Crippen LogP contribution is 2.32. The fourth-order valence-corrected chi connectivity index (χ4v) is 2.83. The third kappa shape index (κ3) is 1.71. The minimum Gasteiger partial charge on any atom is -0.507 e. The van der Waals surface area contributed by atoms with Crippen LogP contribution in [0, 0.1) is 0 Å². The molecule has 1 N–H and O–H groups in total. The van der Waals surface area contributed by atoms with Crippen molar-refractivity contribution >= 4 is 21.8 Å². The van der Waals surface area contributed by atoms with Crippen LogP contribution in [0.2, 0.25) is 0 Å². The van der Waals surface area contributed by atoms with E-state index in [0.717, 1.165) is 27.8 Å². The van der Waals surface area contributed by atoms with Crippen LogP contribution in [0.4, 0.5) is 0 Å². The zero-order valence-corrected chi connectivity index (χ0v) is 11.6. The second-order valence-electron chi connectivity index (χ2n) is 5.17. The molecule has 0 atom stereocenters. The first-order chi connectivity index (χ1) is 10.3. The first kappa shape index (κ1) is 12.0. The summed E-state index contributed by atoms with van der Waals surface area (Å²) >= 11 is 0. The van der Waals surface area contributed by atoms with Crippen LogP contribution in [-0.2, 0) is 7.05 Å². The van der Waals surface area contributed by atoms with E-state index in [1.165, 1.54) is 5.39 Å². The number of aromatic nitrogens is 2. The number of phenolic OH excluding ortho intramolecular Hbond substituents is 1. The van der Waals surface area contributed by atoms with E-state index in [-0.39, 0.29) is 5.75 Å². The van der Waals surface area contributed by atoms with Gasteiger partial charge >= 0.3 is 0 Å². The highest BCUT2D eigenvalue weighted by molar-refractivity contribution is 6.05. The fourth-order valence-electron chi connectivity index (χ4n) is 2.83. The number of rotatable bonds is 1. The van der Waals surface area contributed by atoms with Crippen molar-refractivity contribution in [2.75, 3.05) is 0 Å². The van der Waals surface area contributed by atoms with Gasteiger partial charge in [0.05, 0.1) is 16.6 Å². The largest absolute Gasteiger partial charge is 0.507 e. The third-order valence-electron chi connectivity index (χ3n) is 3.92. The van der Waals surface area contributed by atoms with Gasteiger partial charge in [0, 0.05) is 12.4 Å². The van der Waals surface area contributed by atoms with Crippen molar-refractivity contribution in [1.29, 1.82) is 0 Å². The average molecular weight is 274 g/mol. The van der Waals surface area contributed by atoms with Crippen molar-refractivity contribution in [3.05, 3.63) is 60.7 Å². The smallest absolute Gasteiger partial charge is 0.144 e. The Bertz CT molecular complexity index is 969. The predicted octanol–water partition coefficient (Wildman–Crippen LogP) is 4.10. The van der Waals surface area contributed by atoms with Gasteiger partial charge in [0.15, 0.2) is 0 Å². The number of fused-ring (bicyclic) bond motifs is 3. The SMILES string of the molecule is Cn1c(-c2ccccc2O)nc2c3ccccc3ccc21. The maximum Gasteiger partial charge on any atom is 0.144 e. The van der Waals surface area contributed by atoms with Gasteiger partial charge in [-0.1, -0.05) is 42.5 Å². The molecular weight excluding hydrogens is 260 g/mol. The van der Waals surface area contributed by atoms with Crippen molar-refractivity contribution in [3.63, 3.8) is 0 Å². The molecule has 3 heteroatoms. The van der Waals surface area contributed by atoms with Gasteiger partial charge in [0.1, 0.15) is 11.6 Å². The number of phenols is 1. The number of para-hydroxylation sites is 1. The Labute approximate surface area is 122 Å². The summed E-state index contributed by atoms with van der Waals surface area (Å²) in [6.45, 7) is 0. The van der Waals surface area contributed by atoms with Crippen molar-refractivity contribution < 1.29 is 5.11 Å². The molecule has 1 heterocycles. The monoisotopic (exact) mass is 274 g/mol. The van der Waals surface area contributed by atoms with Gasteiger partial charge in [-0.3, -0.25) is 0 Å². The normalized spacial score (nSPS) is 11.3. The van der Waals surface area contributed by atoms with Crippen LogP contribution in [0.15, 0.2) is 60.7 Å². The summed E-state index contributed by atoms with van der Waals surface area (Å²) in [6, 6.07) is 19.7. The lowest BCUT2D eigenvalue weighted by Crippen LogP contribution is -1.92. The van der Waals surface area contributed by atoms with Crippen LogP contribution in [0.5, 0.6) is 5.75 Å². The molecule has 0 radical (unpaired) electrons. The molecule has 1 aromatic heterocycles. The summed E-state index contributed by atoms with van der Waals surface area (Å²) in [6.07, 6.45) is 0. The molecule has 0 fully saturated rings. The van der Waals surface area contributed by atoms with Crippen LogP contribution in [0.25, 0.3) is 33.2 Å². The van der Waals surface area contributed by atoms with E-state index in [0.29, 0.717) is 0 Å². The first-order valence-electron chi connectivity index (χ1n) is 6.88. The van der Waals surface area contributed by atoms with E-state index in [1.807, 2.05) is 41.9 Å². The maximum absolute atomic E-state index is 10.1. The Morgan fingerprint density at radius 2 is 1.67 bits per heavy atom. The van der Waals surface area contributed by atoms with Crippen molar-refractivity contribution in [2.45, 2.75) is 0 Å². The third-order valence-corrected chi connectivity index (χ3v) is 3.92. The molecule has 102 valence electrons. The summed E-state index contributed by atoms with van der Waals surface area (Å²) in [5.41, 5.74) is 2.78. The number of benzene rings is 3. The summed E-state index contributed by atoms with van der Waals surface area (Å²) in [5, 5.41) is 12.4. The Hall–Kier alpha value is -2.81. The Kier molecular flexibility index (Phi) is 2.48. The van der Waals surface area contributed by atoms with E-state index >= 15 is 0 Å². The standard InChI is InChI=1S/C18H14N2O/c1-20-15-11-10-12-6-2-3-7-13(12)17(15)19-18(20)14-8-4-5-9-16(14)21/h2-11,21H,1H3. The zero-order chi connectivity index (χ0) is 14.4. The molecule has 3 aromatic carbocycles. The van der Waals surface area contributed by atoms with Gasteiger partial charge in [-0.15, -0.1) is 0 Å². The molecule has 0 aliphatic carbocycles. The van der Waals surface area contributed by atoms with E-state index in [4.69, 9.17) is 4.98 Å². The van der Waals surface area contributed by atoms with Crippen LogP contribution < -0.4 is 0 Å². The Morgan fingerprint density at radius 3 is 2.52 bits per heavy atom. The molecule has 21 heavy (non-hydrogen) atoms. The van der Waals surface area contributed by atoms with Crippen LogP contribution in [0.1, 0.15) is 0 Å². The van der Waals surface area contributed by atoms with E-state index in [9.17, 15) is 5.11 Å².